The molecule has 2 heterocycles. The predicted octanol–water partition coefficient (Wildman–Crippen LogP) is 3.82. The second-order valence-electron chi connectivity index (χ2n) is 6.10. The van der Waals surface area contributed by atoms with Crippen LogP contribution in [0.3, 0.4) is 0 Å². The van der Waals surface area contributed by atoms with Gasteiger partial charge in [-0.15, -0.1) is 23.1 Å². The fraction of sp³-hybridized carbons (Fsp3) is 0.421. The molecule has 4 nitrogen and oxygen atoms in total. The quantitative estimate of drug-likeness (QED) is 0.718. The van der Waals surface area contributed by atoms with Crippen LogP contribution in [0.5, 0.6) is 0 Å². The van der Waals surface area contributed by atoms with Crippen LogP contribution in [0.4, 0.5) is 0 Å². The highest BCUT2D eigenvalue weighted by atomic mass is 35.5. The number of hydrogen-bond acceptors (Lipinski definition) is 5. The van der Waals surface area contributed by atoms with Gasteiger partial charge in [-0.05, 0) is 29.1 Å². The second kappa shape index (κ2) is 10.3. The number of morpholine rings is 1. The van der Waals surface area contributed by atoms with Gasteiger partial charge in [0.25, 0.3) is 0 Å². The van der Waals surface area contributed by atoms with Crippen molar-refractivity contribution in [2.45, 2.75) is 11.8 Å². The Bertz CT molecular complexity index is 673. The maximum Gasteiger partial charge on any atom is 0.230 e. The van der Waals surface area contributed by atoms with Crippen LogP contribution in [-0.4, -0.2) is 49.4 Å². The van der Waals surface area contributed by atoms with Gasteiger partial charge in [0.2, 0.25) is 5.91 Å². The van der Waals surface area contributed by atoms with Crippen molar-refractivity contribution < 1.29 is 9.53 Å². The number of carbonyl (C=O) groups is 1. The van der Waals surface area contributed by atoms with Crippen molar-refractivity contribution in [3.8, 4) is 0 Å². The molecule has 0 unspecified atom stereocenters. The van der Waals surface area contributed by atoms with Crippen LogP contribution in [0, 0.1) is 0 Å². The number of amides is 1. The number of hydrogen-bond donors (Lipinski definition) is 1. The highest BCUT2D eigenvalue weighted by Crippen LogP contribution is 2.25. The number of rotatable bonds is 8. The molecule has 1 aromatic heterocycles. The minimum atomic E-state index is 0.0822. The van der Waals surface area contributed by atoms with E-state index in [4.69, 9.17) is 16.3 Å². The van der Waals surface area contributed by atoms with Crippen LogP contribution in [-0.2, 0) is 15.3 Å². The molecule has 3 rings (SSSR count). The monoisotopic (exact) mass is 410 g/mol. The molecule has 2 aromatic rings. The largest absolute Gasteiger partial charge is 0.379 e. The van der Waals surface area contributed by atoms with Gasteiger partial charge in [0, 0.05) is 35.3 Å². The lowest BCUT2D eigenvalue weighted by atomic mass is 10.2. The summed E-state index contributed by atoms with van der Waals surface area (Å²) in [6.45, 7) is 3.97. The molecule has 7 heteroatoms. The molecule has 0 aliphatic carbocycles. The van der Waals surface area contributed by atoms with Crippen LogP contribution in [0.25, 0.3) is 0 Å². The number of nitrogens with zero attached hydrogens (tertiary/aromatic N) is 1. The first kappa shape index (κ1) is 19.7. The molecule has 0 saturated carbocycles. The predicted molar refractivity (Wildman–Crippen MR) is 110 cm³/mol. The van der Waals surface area contributed by atoms with Gasteiger partial charge < -0.3 is 10.1 Å². The van der Waals surface area contributed by atoms with E-state index in [0.717, 1.165) is 37.1 Å². The third-order valence-corrected chi connectivity index (χ3v) is 6.50. The third kappa shape index (κ3) is 5.99. The summed E-state index contributed by atoms with van der Waals surface area (Å²) in [6, 6.07) is 12.2. The highest BCUT2D eigenvalue weighted by Gasteiger charge is 2.23. The van der Waals surface area contributed by atoms with E-state index in [2.05, 4.69) is 27.7 Å². The number of ether oxygens (including phenoxy) is 1. The summed E-state index contributed by atoms with van der Waals surface area (Å²) in [5.41, 5.74) is 1.18. The Morgan fingerprint density at radius 2 is 2.04 bits per heavy atom. The summed E-state index contributed by atoms with van der Waals surface area (Å²) < 4.78 is 5.46. The molecule has 1 N–H and O–H groups in total. The Morgan fingerprint density at radius 1 is 1.27 bits per heavy atom. The van der Waals surface area contributed by atoms with E-state index in [-0.39, 0.29) is 11.9 Å². The van der Waals surface area contributed by atoms with Gasteiger partial charge in [0.1, 0.15) is 0 Å². The Balaban J connectivity index is 1.45. The molecular weight excluding hydrogens is 388 g/mol. The summed E-state index contributed by atoms with van der Waals surface area (Å²) in [5.74, 6) is 1.35. The molecule has 0 spiro atoms. The van der Waals surface area contributed by atoms with Gasteiger partial charge in [-0.25, -0.2) is 0 Å². The molecule has 1 aromatic carbocycles. The van der Waals surface area contributed by atoms with Crippen LogP contribution in [0.1, 0.15) is 16.5 Å². The number of benzene rings is 1. The van der Waals surface area contributed by atoms with E-state index >= 15 is 0 Å². The zero-order chi connectivity index (χ0) is 18.2. The van der Waals surface area contributed by atoms with Gasteiger partial charge in [-0.1, -0.05) is 29.8 Å². The van der Waals surface area contributed by atoms with Gasteiger partial charge >= 0.3 is 0 Å². The maximum absolute atomic E-state index is 12.3. The maximum atomic E-state index is 12.3. The minimum absolute atomic E-state index is 0.0822. The van der Waals surface area contributed by atoms with Crippen molar-refractivity contribution in [3.63, 3.8) is 0 Å². The normalized spacial score (nSPS) is 16.3. The topological polar surface area (TPSA) is 41.6 Å². The zero-order valence-electron chi connectivity index (χ0n) is 14.5. The smallest absolute Gasteiger partial charge is 0.230 e. The molecule has 1 amide bonds. The number of nitrogens with one attached hydrogen (secondary N) is 1. The van der Waals surface area contributed by atoms with Crippen molar-refractivity contribution in [1.29, 1.82) is 0 Å². The molecule has 1 saturated heterocycles. The highest BCUT2D eigenvalue weighted by molar-refractivity contribution is 7.99. The average Bonchev–Trinajstić information content (AvgIpc) is 3.19. The Hall–Kier alpha value is -1.05. The number of halogens is 1. The second-order valence-corrected chi connectivity index (χ2v) is 8.50. The molecule has 1 fully saturated rings. The zero-order valence-corrected chi connectivity index (χ0v) is 16.9. The first-order chi connectivity index (χ1) is 12.7. The van der Waals surface area contributed by atoms with Crippen molar-refractivity contribution in [2.24, 2.45) is 0 Å². The lowest BCUT2D eigenvalue weighted by Gasteiger charge is -2.34. The molecule has 1 aliphatic heterocycles. The molecule has 1 atom stereocenters. The molecule has 26 heavy (non-hydrogen) atoms. The van der Waals surface area contributed by atoms with E-state index in [1.165, 1.54) is 10.4 Å². The van der Waals surface area contributed by atoms with Crippen molar-refractivity contribution in [2.75, 3.05) is 38.6 Å². The SMILES string of the molecule is O=C(CSCc1ccc(Cl)cc1)NC[C@@H](c1cccs1)N1CCOCC1. The van der Waals surface area contributed by atoms with Crippen LogP contribution in [0.2, 0.25) is 5.02 Å². The minimum Gasteiger partial charge on any atom is -0.379 e. The van der Waals surface area contributed by atoms with Gasteiger partial charge in [0.05, 0.1) is 25.0 Å². The van der Waals surface area contributed by atoms with E-state index in [9.17, 15) is 4.79 Å². The number of carbonyl (C=O) groups excluding carboxylic acids is 1. The van der Waals surface area contributed by atoms with Crippen molar-refractivity contribution in [3.05, 3.63) is 57.2 Å². The van der Waals surface area contributed by atoms with E-state index in [0.29, 0.717) is 12.3 Å². The van der Waals surface area contributed by atoms with Crippen molar-refractivity contribution in [1.82, 2.24) is 10.2 Å². The third-order valence-electron chi connectivity index (χ3n) is 4.27. The van der Waals surface area contributed by atoms with Crippen LogP contribution in [0.15, 0.2) is 41.8 Å². The van der Waals surface area contributed by atoms with E-state index in [1.807, 2.05) is 24.3 Å². The summed E-state index contributed by atoms with van der Waals surface area (Å²) in [5, 5.41) is 5.93. The molecule has 0 bridgehead atoms. The van der Waals surface area contributed by atoms with E-state index in [1.54, 1.807) is 23.1 Å². The summed E-state index contributed by atoms with van der Waals surface area (Å²) in [6.07, 6.45) is 0. The van der Waals surface area contributed by atoms with Gasteiger partial charge in [-0.3, -0.25) is 9.69 Å². The molecule has 1 aliphatic rings. The number of thioether (sulfide) groups is 1. The standard InChI is InChI=1S/C19H23ClN2O2S2/c20-16-5-3-15(4-6-16)13-25-14-19(23)21-12-17(18-2-1-11-26-18)22-7-9-24-10-8-22/h1-6,11,17H,7-10,12-14H2,(H,21,23)/t17-/m0/s1. The Morgan fingerprint density at radius 3 is 2.73 bits per heavy atom. The van der Waals surface area contributed by atoms with Gasteiger partial charge in [0.15, 0.2) is 0 Å². The summed E-state index contributed by atoms with van der Waals surface area (Å²) in [7, 11) is 0. The first-order valence-corrected chi connectivity index (χ1v) is 11.1. The summed E-state index contributed by atoms with van der Waals surface area (Å²) >= 11 is 9.25. The van der Waals surface area contributed by atoms with Crippen LogP contribution >= 0.6 is 34.7 Å². The van der Waals surface area contributed by atoms with Gasteiger partial charge in [-0.2, -0.15) is 0 Å². The van der Waals surface area contributed by atoms with Crippen LogP contribution < -0.4 is 5.32 Å². The molecule has 140 valence electrons. The lowest BCUT2D eigenvalue weighted by Crippen LogP contribution is -2.43. The molecule has 0 radical (unpaired) electrons. The number of thiophene rings is 1. The molecular formula is C19H23ClN2O2S2. The summed E-state index contributed by atoms with van der Waals surface area (Å²) in [4.78, 5) is 15.9. The average molecular weight is 411 g/mol. The Kier molecular flexibility index (Phi) is 7.83. The lowest BCUT2D eigenvalue weighted by molar-refractivity contribution is -0.118. The first-order valence-electron chi connectivity index (χ1n) is 8.66. The fourth-order valence-electron chi connectivity index (χ4n) is 2.88. The fourth-order valence-corrected chi connectivity index (χ4v) is 4.69. The Labute approximate surface area is 167 Å². The van der Waals surface area contributed by atoms with Crippen molar-refractivity contribution >= 4 is 40.6 Å². The van der Waals surface area contributed by atoms with E-state index < -0.39 is 0 Å².